The van der Waals surface area contributed by atoms with Gasteiger partial charge in [0.25, 0.3) is 0 Å². The van der Waals surface area contributed by atoms with Crippen LogP contribution in [0.2, 0.25) is 0 Å². The van der Waals surface area contributed by atoms with Gasteiger partial charge < -0.3 is 4.90 Å². The molecule has 2 heteroatoms. The van der Waals surface area contributed by atoms with Crippen molar-refractivity contribution in [1.29, 1.82) is 0 Å². The SMILES string of the molecule is C=CC(=O)N(C)Cc1ccc(C(C)C)cc1. The molecular weight excluding hydrogens is 198 g/mol. The Labute approximate surface area is 97.6 Å². The van der Waals surface area contributed by atoms with Crippen LogP contribution in [0.4, 0.5) is 0 Å². The standard InChI is InChI=1S/C14H19NO/c1-5-14(16)15(4)10-12-6-8-13(9-7-12)11(2)3/h5-9,11H,1,10H2,2-4H3. The quantitative estimate of drug-likeness (QED) is 0.710. The Morgan fingerprint density at radius 1 is 1.38 bits per heavy atom. The molecule has 0 radical (unpaired) electrons. The van der Waals surface area contributed by atoms with Crippen LogP contribution in [0.1, 0.15) is 30.9 Å². The lowest BCUT2D eigenvalue weighted by molar-refractivity contribution is -0.125. The molecule has 0 unspecified atom stereocenters. The second-order valence-electron chi connectivity index (χ2n) is 4.29. The molecule has 0 aliphatic carbocycles. The Hall–Kier alpha value is -1.57. The van der Waals surface area contributed by atoms with E-state index in [0.717, 1.165) is 5.56 Å². The molecule has 1 aromatic rings. The fourth-order valence-electron chi connectivity index (χ4n) is 1.52. The molecule has 0 bridgehead atoms. The third kappa shape index (κ3) is 3.23. The highest BCUT2D eigenvalue weighted by Gasteiger charge is 2.05. The zero-order chi connectivity index (χ0) is 12.1. The van der Waals surface area contributed by atoms with Crippen LogP contribution in [0.3, 0.4) is 0 Å². The van der Waals surface area contributed by atoms with Gasteiger partial charge in [0.15, 0.2) is 0 Å². The van der Waals surface area contributed by atoms with E-state index in [2.05, 4.69) is 44.7 Å². The van der Waals surface area contributed by atoms with Gasteiger partial charge >= 0.3 is 0 Å². The van der Waals surface area contributed by atoms with Crippen molar-refractivity contribution in [3.8, 4) is 0 Å². The first-order chi connectivity index (χ1) is 7.54. The molecule has 0 atom stereocenters. The van der Waals surface area contributed by atoms with Gasteiger partial charge in [0.05, 0.1) is 0 Å². The maximum Gasteiger partial charge on any atom is 0.245 e. The Morgan fingerprint density at radius 3 is 2.38 bits per heavy atom. The molecule has 0 saturated carbocycles. The molecule has 0 heterocycles. The second-order valence-corrected chi connectivity index (χ2v) is 4.29. The van der Waals surface area contributed by atoms with Crippen LogP contribution in [-0.4, -0.2) is 17.9 Å². The van der Waals surface area contributed by atoms with E-state index < -0.39 is 0 Å². The minimum Gasteiger partial charge on any atom is -0.338 e. The fraction of sp³-hybridized carbons (Fsp3) is 0.357. The predicted octanol–water partition coefficient (Wildman–Crippen LogP) is 2.95. The van der Waals surface area contributed by atoms with Crippen molar-refractivity contribution in [3.63, 3.8) is 0 Å². The summed E-state index contributed by atoms with van der Waals surface area (Å²) in [6.45, 7) is 8.44. The molecule has 0 spiro atoms. The highest BCUT2D eigenvalue weighted by Crippen LogP contribution is 2.15. The van der Waals surface area contributed by atoms with E-state index in [9.17, 15) is 4.79 Å². The summed E-state index contributed by atoms with van der Waals surface area (Å²) in [5.41, 5.74) is 2.46. The Morgan fingerprint density at radius 2 is 1.94 bits per heavy atom. The van der Waals surface area contributed by atoms with Gasteiger partial charge in [0.2, 0.25) is 5.91 Å². The van der Waals surface area contributed by atoms with Crippen LogP contribution >= 0.6 is 0 Å². The monoisotopic (exact) mass is 217 g/mol. The number of carbonyl (C=O) groups is 1. The van der Waals surface area contributed by atoms with Crippen LogP contribution in [0, 0.1) is 0 Å². The zero-order valence-electron chi connectivity index (χ0n) is 10.2. The summed E-state index contributed by atoms with van der Waals surface area (Å²) in [5, 5.41) is 0. The van der Waals surface area contributed by atoms with Crippen molar-refractivity contribution in [2.75, 3.05) is 7.05 Å². The number of hydrogen-bond acceptors (Lipinski definition) is 1. The normalized spacial score (nSPS) is 10.2. The van der Waals surface area contributed by atoms with Crippen LogP contribution in [0.5, 0.6) is 0 Å². The lowest BCUT2D eigenvalue weighted by Crippen LogP contribution is -2.23. The van der Waals surface area contributed by atoms with Crippen LogP contribution in [-0.2, 0) is 11.3 Å². The molecule has 0 fully saturated rings. The molecule has 0 saturated heterocycles. The highest BCUT2D eigenvalue weighted by molar-refractivity contribution is 5.86. The highest BCUT2D eigenvalue weighted by atomic mass is 16.2. The smallest absolute Gasteiger partial charge is 0.245 e. The van der Waals surface area contributed by atoms with E-state index in [1.54, 1.807) is 11.9 Å². The van der Waals surface area contributed by atoms with E-state index in [1.807, 2.05) is 0 Å². The first-order valence-electron chi connectivity index (χ1n) is 5.51. The fourth-order valence-corrected chi connectivity index (χ4v) is 1.52. The van der Waals surface area contributed by atoms with Crippen molar-refractivity contribution in [2.45, 2.75) is 26.3 Å². The molecule has 86 valence electrons. The summed E-state index contributed by atoms with van der Waals surface area (Å²) in [4.78, 5) is 12.9. The molecule has 0 aliphatic rings. The third-order valence-electron chi connectivity index (χ3n) is 2.62. The maximum absolute atomic E-state index is 11.3. The average molecular weight is 217 g/mol. The van der Waals surface area contributed by atoms with Crippen LogP contribution < -0.4 is 0 Å². The first-order valence-corrected chi connectivity index (χ1v) is 5.51. The van der Waals surface area contributed by atoms with Crippen molar-refractivity contribution >= 4 is 5.91 Å². The minimum atomic E-state index is -0.0482. The molecule has 1 rings (SSSR count). The average Bonchev–Trinajstić information content (AvgIpc) is 2.28. The number of carbonyl (C=O) groups excluding carboxylic acids is 1. The number of benzene rings is 1. The number of amides is 1. The van der Waals surface area contributed by atoms with Gasteiger partial charge in [-0.25, -0.2) is 0 Å². The van der Waals surface area contributed by atoms with E-state index in [1.165, 1.54) is 11.6 Å². The van der Waals surface area contributed by atoms with Gasteiger partial charge in [0.1, 0.15) is 0 Å². The number of likely N-dealkylation sites (N-methyl/N-ethyl adjacent to an activating group) is 1. The molecule has 0 aromatic heterocycles. The van der Waals surface area contributed by atoms with Crippen molar-refractivity contribution in [1.82, 2.24) is 4.90 Å². The van der Waals surface area contributed by atoms with Gasteiger partial charge in [-0.1, -0.05) is 44.7 Å². The molecule has 1 aromatic carbocycles. The molecule has 0 N–H and O–H groups in total. The summed E-state index contributed by atoms with van der Waals surface area (Å²) in [7, 11) is 1.78. The van der Waals surface area contributed by atoms with E-state index in [-0.39, 0.29) is 5.91 Å². The minimum absolute atomic E-state index is 0.0482. The molecular formula is C14H19NO. The Kier molecular flexibility index (Phi) is 4.29. The van der Waals surface area contributed by atoms with Crippen molar-refractivity contribution in [3.05, 3.63) is 48.0 Å². The predicted molar refractivity (Wildman–Crippen MR) is 67.2 cm³/mol. The lowest BCUT2D eigenvalue weighted by Gasteiger charge is -2.15. The van der Waals surface area contributed by atoms with Gasteiger partial charge in [-0.3, -0.25) is 4.79 Å². The number of hydrogen-bond donors (Lipinski definition) is 0. The molecule has 2 nitrogen and oxygen atoms in total. The Bertz CT molecular complexity index is 365. The van der Waals surface area contributed by atoms with E-state index >= 15 is 0 Å². The van der Waals surface area contributed by atoms with Crippen LogP contribution in [0.15, 0.2) is 36.9 Å². The summed E-state index contributed by atoms with van der Waals surface area (Å²) in [5.74, 6) is 0.495. The number of nitrogens with zero attached hydrogens (tertiary/aromatic N) is 1. The molecule has 0 aliphatic heterocycles. The summed E-state index contributed by atoms with van der Waals surface area (Å²) in [6, 6.07) is 8.38. The largest absolute Gasteiger partial charge is 0.338 e. The van der Waals surface area contributed by atoms with Crippen LogP contribution in [0.25, 0.3) is 0 Å². The van der Waals surface area contributed by atoms with E-state index in [0.29, 0.717) is 12.5 Å². The molecule has 1 amide bonds. The third-order valence-corrected chi connectivity index (χ3v) is 2.62. The summed E-state index contributed by atoms with van der Waals surface area (Å²) < 4.78 is 0. The zero-order valence-corrected chi connectivity index (χ0v) is 10.2. The van der Waals surface area contributed by atoms with Crippen molar-refractivity contribution in [2.24, 2.45) is 0 Å². The topological polar surface area (TPSA) is 20.3 Å². The van der Waals surface area contributed by atoms with E-state index in [4.69, 9.17) is 0 Å². The first kappa shape index (κ1) is 12.5. The Balaban J connectivity index is 2.68. The summed E-state index contributed by atoms with van der Waals surface area (Å²) >= 11 is 0. The van der Waals surface area contributed by atoms with Gasteiger partial charge in [-0.15, -0.1) is 0 Å². The van der Waals surface area contributed by atoms with Crippen molar-refractivity contribution < 1.29 is 4.79 Å². The number of rotatable bonds is 4. The van der Waals surface area contributed by atoms with Gasteiger partial charge in [-0.05, 0) is 23.1 Å². The summed E-state index contributed by atoms with van der Waals surface area (Å²) in [6.07, 6.45) is 1.34. The van der Waals surface area contributed by atoms with Gasteiger partial charge in [-0.2, -0.15) is 0 Å². The maximum atomic E-state index is 11.3. The van der Waals surface area contributed by atoms with Gasteiger partial charge in [0, 0.05) is 13.6 Å². The second kappa shape index (κ2) is 5.50. The molecule has 16 heavy (non-hydrogen) atoms. The lowest BCUT2D eigenvalue weighted by atomic mass is 10.0.